The van der Waals surface area contributed by atoms with Crippen LogP contribution in [0.1, 0.15) is 10.4 Å². The Labute approximate surface area is 152 Å². The van der Waals surface area contributed by atoms with Crippen molar-refractivity contribution in [2.45, 2.75) is 0 Å². The molecule has 0 aliphatic carbocycles. The van der Waals surface area contributed by atoms with E-state index in [0.717, 1.165) is 6.07 Å². The number of nitrogens with zero attached hydrogens (tertiary/aromatic N) is 1. The van der Waals surface area contributed by atoms with Crippen molar-refractivity contribution in [3.8, 4) is 5.75 Å². The van der Waals surface area contributed by atoms with Crippen molar-refractivity contribution in [1.82, 2.24) is 0 Å². The lowest BCUT2D eigenvalue weighted by Gasteiger charge is -2.10. The molecule has 9 heteroatoms. The fourth-order valence-electron chi connectivity index (χ4n) is 1.81. The maximum absolute atomic E-state index is 12.0. The number of carbonyl (C=O) groups excluding carboxylic acids is 1. The molecule has 0 spiro atoms. The number of hydrogen-bond donors (Lipinski definition) is 0. The van der Waals surface area contributed by atoms with Crippen LogP contribution in [0.3, 0.4) is 0 Å². The van der Waals surface area contributed by atoms with E-state index in [0.29, 0.717) is 10.0 Å². The highest BCUT2D eigenvalue weighted by Gasteiger charge is 2.21. The van der Waals surface area contributed by atoms with E-state index in [1.807, 2.05) is 0 Å². The van der Waals surface area contributed by atoms with E-state index in [-0.39, 0.29) is 35.2 Å². The van der Waals surface area contributed by atoms with Crippen molar-refractivity contribution >= 4 is 46.5 Å². The highest BCUT2D eigenvalue weighted by Crippen LogP contribution is 2.32. The fraction of sp³-hybridized carbons (Fsp3) is 0.133. The van der Waals surface area contributed by atoms with Crippen molar-refractivity contribution in [1.29, 1.82) is 0 Å². The predicted molar refractivity (Wildman–Crippen MR) is 90.3 cm³/mol. The highest BCUT2D eigenvalue weighted by atomic mass is 35.5. The van der Waals surface area contributed by atoms with Gasteiger partial charge >= 0.3 is 5.97 Å². The van der Waals surface area contributed by atoms with Gasteiger partial charge in [-0.05, 0) is 24.3 Å². The first-order chi connectivity index (χ1) is 11.4. The molecule has 0 aliphatic rings. The summed E-state index contributed by atoms with van der Waals surface area (Å²) in [6.07, 6.45) is 0. The number of nitro groups is 1. The number of rotatable bonds is 6. The molecule has 0 fully saturated rings. The lowest BCUT2D eigenvalue weighted by Crippen LogP contribution is -2.14. The second-order valence-corrected chi connectivity index (χ2v) is 5.70. The van der Waals surface area contributed by atoms with Crippen LogP contribution in [0.25, 0.3) is 0 Å². The molecule has 0 amide bonds. The van der Waals surface area contributed by atoms with Crippen molar-refractivity contribution in [2.24, 2.45) is 0 Å². The molecule has 2 aromatic carbocycles. The number of esters is 1. The van der Waals surface area contributed by atoms with Crippen molar-refractivity contribution in [3.05, 3.63) is 67.1 Å². The molecule has 126 valence electrons. The molecule has 0 aromatic heterocycles. The number of halogens is 3. The standard InChI is InChI=1S/C15H10Cl3NO5/c16-9-4-5-13(19(21)22)10(8-9)15(20)24-7-6-23-14-11(17)2-1-3-12(14)18/h1-5,8H,6-7H2. The average Bonchev–Trinajstić information content (AvgIpc) is 2.53. The van der Waals surface area contributed by atoms with Crippen LogP contribution < -0.4 is 4.74 Å². The number of nitro benzene ring substituents is 1. The summed E-state index contributed by atoms with van der Waals surface area (Å²) in [5.74, 6) is -0.608. The topological polar surface area (TPSA) is 78.7 Å². The summed E-state index contributed by atoms with van der Waals surface area (Å²) in [4.78, 5) is 22.2. The predicted octanol–water partition coefficient (Wildman–Crippen LogP) is 4.79. The van der Waals surface area contributed by atoms with Gasteiger partial charge in [0, 0.05) is 11.1 Å². The molecule has 0 saturated heterocycles. The summed E-state index contributed by atoms with van der Waals surface area (Å²) in [5.41, 5.74) is -0.622. The average molecular weight is 391 g/mol. The van der Waals surface area contributed by atoms with Gasteiger partial charge in [0.1, 0.15) is 18.8 Å². The summed E-state index contributed by atoms with van der Waals surface area (Å²) in [5, 5.41) is 11.8. The van der Waals surface area contributed by atoms with Crippen LogP contribution in [0.5, 0.6) is 5.75 Å². The summed E-state index contributed by atoms with van der Waals surface area (Å²) in [7, 11) is 0. The first kappa shape index (κ1) is 18.3. The van der Waals surface area contributed by atoms with Crippen LogP contribution >= 0.6 is 34.8 Å². The molecule has 0 saturated carbocycles. The van der Waals surface area contributed by atoms with E-state index in [4.69, 9.17) is 44.3 Å². The molecule has 0 heterocycles. The first-order valence-corrected chi connectivity index (χ1v) is 7.71. The van der Waals surface area contributed by atoms with Gasteiger partial charge in [0.05, 0.1) is 15.0 Å². The lowest BCUT2D eigenvalue weighted by atomic mass is 10.2. The van der Waals surface area contributed by atoms with Gasteiger partial charge in [-0.15, -0.1) is 0 Å². The molecular formula is C15H10Cl3NO5. The van der Waals surface area contributed by atoms with Crippen molar-refractivity contribution in [3.63, 3.8) is 0 Å². The Morgan fingerprint density at radius 3 is 2.38 bits per heavy atom. The van der Waals surface area contributed by atoms with E-state index in [2.05, 4.69) is 0 Å². The first-order valence-electron chi connectivity index (χ1n) is 6.58. The number of para-hydroxylation sites is 1. The van der Waals surface area contributed by atoms with E-state index < -0.39 is 10.9 Å². The summed E-state index contributed by atoms with van der Waals surface area (Å²) >= 11 is 17.6. The molecule has 2 rings (SSSR count). The number of carbonyl (C=O) groups is 1. The Morgan fingerprint density at radius 1 is 1.08 bits per heavy atom. The van der Waals surface area contributed by atoms with Gasteiger partial charge in [0.2, 0.25) is 0 Å². The van der Waals surface area contributed by atoms with Gasteiger partial charge in [-0.2, -0.15) is 0 Å². The second-order valence-electron chi connectivity index (χ2n) is 4.45. The summed E-state index contributed by atoms with van der Waals surface area (Å²) < 4.78 is 10.3. The summed E-state index contributed by atoms with van der Waals surface area (Å²) in [6, 6.07) is 8.50. The Balaban J connectivity index is 1.97. The number of ether oxygens (including phenoxy) is 2. The molecule has 0 radical (unpaired) electrons. The van der Waals surface area contributed by atoms with Crippen LogP contribution in [0.15, 0.2) is 36.4 Å². The second kappa shape index (κ2) is 8.19. The number of benzene rings is 2. The zero-order chi connectivity index (χ0) is 17.7. The SMILES string of the molecule is O=C(OCCOc1c(Cl)cccc1Cl)c1cc(Cl)ccc1[N+](=O)[O-]. The van der Waals surface area contributed by atoms with Crippen molar-refractivity contribution < 1.29 is 19.2 Å². The molecule has 24 heavy (non-hydrogen) atoms. The molecule has 0 bridgehead atoms. The summed E-state index contributed by atoms with van der Waals surface area (Å²) in [6.45, 7) is -0.173. The third-order valence-electron chi connectivity index (χ3n) is 2.86. The highest BCUT2D eigenvalue weighted by molar-refractivity contribution is 6.37. The molecule has 6 nitrogen and oxygen atoms in total. The monoisotopic (exact) mass is 389 g/mol. The van der Waals surface area contributed by atoms with Gasteiger partial charge in [-0.3, -0.25) is 10.1 Å². The quantitative estimate of drug-likeness (QED) is 0.307. The Bertz CT molecular complexity index is 761. The zero-order valence-electron chi connectivity index (χ0n) is 12.0. The third-order valence-corrected chi connectivity index (χ3v) is 3.69. The van der Waals surface area contributed by atoms with E-state index in [1.165, 1.54) is 12.1 Å². The molecule has 0 aliphatic heterocycles. The molecular weight excluding hydrogens is 381 g/mol. The van der Waals surface area contributed by atoms with Crippen LogP contribution in [0.2, 0.25) is 15.1 Å². The van der Waals surface area contributed by atoms with E-state index >= 15 is 0 Å². The van der Waals surface area contributed by atoms with Gasteiger partial charge < -0.3 is 9.47 Å². The van der Waals surface area contributed by atoms with Gasteiger partial charge in [-0.1, -0.05) is 40.9 Å². The normalized spacial score (nSPS) is 10.3. The molecule has 0 unspecified atom stereocenters. The molecule has 0 atom stereocenters. The van der Waals surface area contributed by atoms with Crippen LogP contribution in [0, 0.1) is 10.1 Å². The third kappa shape index (κ3) is 4.50. The number of hydrogen-bond acceptors (Lipinski definition) is 5. The zero-order valence-corrected chi connectivity index (χ0v) is 14.3. The van der Waals surface area contributed by atoms with Crippen LogP contribution in [-0.2, 0) is 4.74 Å². The maximum Gasteiger partial charge on any atom is 0.345 e. The maximum atomic E-state index is 12.0. The van der Waals surface area contributed by atoms with Gasteiger partial charge in [-0.25, -0.2) is 4.79 Å². The minimum atomic E-state index is -0.877. The Kier molecular flexibility index (Phi) is 6.25. The van der Waals surface area contributed by atoms with Gasteiger partial charge in [0.25, 0.3) is 5.69 Å². The minimum absolute atomic E-state index is 0.0242. The fourth-order valence-corrected chi connectivity index (χ4v) is 2.49. The lowest BCUT2D eigenvalue weighted by molar-refractivity contribution is -0.385. The van der Waals surface area contributed by atoms with E-state index in [1.54, 1.807) is 18.2 Å². The minimum Gasteiger partial charge on any atom is -0.487 e. The Morgan fingerprint density at radius 2 is 1.75 bits per heavy atom. The van der Waals surface area contributed by atoms with Crippen molar-refractivity contribution in [2.75, 3.05) is 13.2 Å². The largest absolute Gasteiger partial charge is 0.487 e. The van der Waals surface area contributed by atoms with E-state index in [9.17, 15) is 14.9 Å². The molecule has 2 aromatic rings. The smallest absolute Gasteiger partial charge is 0.345 e. The van der Waals surface area contributed by atoms with Crippen LogP contribution in [0.4, 0.5) is 5.69 Å². The van der Waals surface area contributed by atoms with Gasteiger partial charge in [0.15, 0.2) is 5.75 Å². The van der Waals surface area contributed by atoms with Crippen LogP contribution in [-0.4, -0.2) is 24.1 Å². The molecule has 0 N–H and O–H groups in total. The Hall–Kier alpha value is -2.02.